The summed E-state index contributed by atoms with van der Waals surface area (Å²) in [6, 6.07) is 2.26. The summed E-state index contributed by atoms with van der Waals surface area (Å²) in [7, 11) is -3.97. The molecule has 1 aromatic heterocycles. The van der Waals surface area contributed by atoms with Gasteiger partial charge in [-0.1, -0.05) is 0 Å². The molecule has 0 saturated carbocycles. The van der Waals surface area contributed by atoms with Gasteiger partial charge in [0.1, 0.15) is 5.69 Å². The van der Waals surface area contributed by atoms with Crippen LogP contribution in [-0.2, 0) is 10.0 Å². The second kappa shape index (κ2) is 5.63. The van der Waals surface area contributed by atoms with E-state index in [2.05, 4.69) is 15.1 Å². The van der Waals surface area contributed by atoms with E-state index in [-0.39, 0.29) is 15.7 Å². The summed E-state index contributed by atoms with van der Waals surface area (Å²) >= 11 is 1.10. The molecule has 2 aromatic rings. The predicted molar refractivity (Wildman–Crippen MR) is 78.6 cm³/mol. The number of hydrogen-bond donors (Lipinski definition) is 3. The number of nitrogen functional groups attached to an aromatic ring is 1. The number of hydrogen-bond acceptors (Lipinski definition) is 8. The molecule has 0 aliphatic rings. The lowest BCUT2D eigenvalue weighted by Crippen LogP contribution is -2.16. The van der Waals surface area contributed by atoms with Crippen molar-refractivity contribution >= 4 is 37.9 Å². The van der Waals surface area contributed by atoms with Gasteiger partial charge in [-0.3, -0.25) is 20.7 Å². The van der Waals surface area contributed by atoms with Crippen LogP contribution in [0, 0.1) is 17.0 Å². The Kier molecular flexibility index (Phi) is 4.06. The van der Waals surface area contributed by atoms with Gasteiger partial charge in [0.05, 0.1) is 9.82 Å². The van der Waals surface area contributed by atoms with Crippen LogP contribution in [0.5, 0.6) is 0 Å². The molecule has 0 aliphatic carbocycles. The summed E-state index contributed by atoms with van der Waals surface area (Å²) < 4.78 is 26.8. The minimum absolute atomic E-state index is 0.0331. The van der Waals surface area contributed by atoms with Crippen LogP contribution in [0.2, 0.25) is 0 Å². The first-order valence-corrected chi connectivity index (χ1v) is 7.89. The van der Waals surface area contributed by atoms with Gasteiger partial charge in [-0.2, -0.15) is 0 Å². The van der Waals surface area contributed by atoms with E-state index in [0.717, 1.165) is 17.4 Å². The van der Waals surface area contributed by atoms with E-state index in [9.17, 15) is 18.5 Å². The van der Waals surface area contributed by atoms with Gasteiger partial charge in [-0.15, -0.1) is 11.3 Å². The van der Waals surface area contributed by atoms with Gasteiger partial charge in [0.25, 0.3) is 15.7 Å². The quantitative estimate of drug-likeness (QED) is 0.428. The standard InChI is InChI=1S/C10H11N5O4S2/c1-6-4-7(13-11)8(15(16)17)5-9(6)21(18,19)14-10-12-2-3-20-10/h2-5,13H,11H2,1H3,(H,12,14). The molecule has 1 aromatic carbocycles. The highest BCUT2D eigenvalue weighted by Crippen LogP contribution is 2.31. The third kappa shape index (κ3) is 3.09. The SMILES string of the molecule is Cc1cc(NN)c([N+](=O)[O-])cc1S(=O)(=O)Nc1nccs1. The minimum Gasteiger partial charge on any atom is -0.318 e. The van der Waals surface area contributed by atoms with Gasteiger partial charge < -0.3 is 5.43 Å². The number of rotatable bonds is 5. The summed E-state index contributed by atoms with van der Waals surface area (Å²) in [5.74, 6) is 5.20. The largest absolute Gasteiger partial charge is 0.318 e. The lowest BCUT2D eigenvalue weighted by atomic mass is 10.2. The minimum atomic E-state index is -3.97. The molecule has 0 saturated heterocycles. The molecule has 21 heavy (non-hydrogen) atoms. The van der Waals surface area contributed by atoms with Crippen LogP contribution in [0.3, 0.4) is 0 Å². The molecule has 2 rings (SSSR count). The molecule has 0 spiro atoms. The Morgan fingerprint density at radius 1 is 1.43 bits per heavy atom. The molecule has 1 heterocycles. The highest BCUT2D eigenvalue weighted by atomic mass is 32.2. The number of nitro groups is 1. The molecule has 4 N–H and O–H groups in total. The van der Waals surface area contributed by atoms with E-state index in [1.54, 1.807) is 5.38 Å². The van der Waals surface area contributed by atoms with Crippen molar-refractivity contribution in [3.8, 4) is 0 Å². The molecule has 11 heteroatoms. The highest BCUT2D eigenvalue weighted by Gasteiger charge is 2.24. The molecule has 0 amide bonds. The number of nitrogens with zero attached hydrogens (tertiary/aromatic N) is 2. The second-order valence-electron chi connectivity index (χ2n) is 3.98. The Balaban J connectivity index is 2.52. The Bertz CT molecular complexity index is 773. The number of hydrazine groups is 1. The molecular weight excluding hydrogens is 318 g/mol. The van der Waals surface area contributed by atoms with Crippen molar-refractivity contribution in [2.45, 2.75) is 11.8 Å². The third-order valence-electron chi connectivity index (χ3n) is 2.59. The van der Waals surface area contributed by atoms with Crippen molar-refractivity contribution < 1.29 is 13.3 Å². The summed E-state index contributed by atoms with van der Waals surface area (Å²) in [5.41, 5.74) is 2.10. The molecule has 0 fully saturated rings. The number of aryl methyl sites for hydroxylation is 1. The normalized spacial score (nSPS) is 11.1. The summed E-state index contributed by atoms with van der Waals surface area (Å²) in [6.45, 7) is 1.51. The Labute approximate surface area is 124 Å². The topological polar surface area (TPSA) is 140 Å². The number of thiazole rings is 1. The number of nitrogens with two attached hydrogens (primary N) is 1. The number of sulfonamides is 1. The van der Waals surface area contributed by atoms with E-state index in [0.29, 0.717) is 5.56 Å². The number of nitrogens with one attached hydrogen (secondary N) is 2. The fourth-order valence-corrected chi connectivity index (χ4v) is 3.71. The molecule has 9 nitrogen and oxygen atoms in total. The van der Waals surface area contributed by atoms with Crippen molar-refractivity contribution in [1.29, 1.82) is 0 Å². The first-order valence-electron chi connectivity index (χ1n) is 5.53. The molecular formula is C10H11N5O4S2. The Morgan fingerprint density at radius 2 is 2.14 bits per heavy atom. The van der Waals surface area contributed by atoms with Crippen molar-refractivity contribution in [2.24, 2.45) is 5.84 Å². The number of benzene rings is 1. The van der Waals surface area contributed by atoms with Crippen LogP contribution in [0.25, 0.3) is 0 Å². The van der Waals surface area contributed by atoms with Gasteiger partial charge in [0.2, 0.25) is 0 Å². The van der Waals surface area contributed by atoms with E-state index in [1.165, 1.54) is 19.2 Å². The molecule has 0 radical (unpaired) electrons. The monoisotopic (exact) mass is 329 g/mol. The van der Waals surface area contributed by atoms with Gasteiger partial charge in [0.15, 0.2) is 5.13 Å². The van der Waals surface area contributed by atoms with E-state index >= 15 is 0 Å². The number of aromatic nitrogens is 1. The zero-order valence-electron chi connectivity index (χ0n) is 10.7. The maximum Gasteiger partial charge on any atom is 0.295 e. The molecule has 112 valence electrons. The summed E-state index contributed by atoms with van der Waals surface area (Å²) in [5, 5.41) is 12.8. The van der Waals surface area contributed by atoms with Crippen molar-refractivity contribution in [2.75, 3.05) is 10.1 Å². The average Bonchev–Trinajstić information content (AvgIpc) is 2.89. The van der Waals surface area contributed by atoms with E-state index in [4.69, 9.17) is 5.84 Å². The molecule has 0 unspecified atom stereocenters. The van der Waals surface area contributed by atoms with Crippen molar-refractivity contribution in [1.82, 2.24) is 4.98 Å². The third-order valence-corrected chi connectivity index (χ3v) is 4.89. The van der Waals surface area contributed by atoms with Crippen LogP contribution in [-0.4, -0.2) is 18.3 Å². The van der Waals surface area contributed by atoms with Crippen molar-refractivity contribution in [3.05, 3.63) is 39.4 Å². The Hall–Kier alpha value is -2.24. The lowest BCUT2D eigenvalue weighted by Gasteiger charge is -2.10. The fraction of sp³-hybridized carbons (Fsp3) is 0.100. The lowest BCUT2D eigenvalue weighted by molar-refractivity contribution is -0.384. The zero-order chi connectivity index (χ0) is 15.6. The van der Waals surface area contributed by atoms with Gasteiger partial charge in [-0.05, 0) is 18.6 Å². The molecule has 0 aliphatic heterocycles. The number of nitro benzene ring substituents is 1. The maximum absolute atomic E-state index is 12.3. The van der Waals surface area contributed by atoms with E-state index < -0.39 is 20.6 Å². The first-order chi connectivity index (χ1) is 9.85. The van der Waals surface area contributed by atoms with Crippen LogP contribution in [0.1, 0.15) is 5.56 Å². The van der Waals surface area contributed by atoms with Gasteiger partial charge >= 0.3 is 0 Å². The summed E-state index contributed by atoms with van der Waals surface area (Å²) in [4.78, 5) is 13.9. The van der Waals surface area contributed by atoms with Crippen LogP contribution in [0.4, 0.5) is 16.5 Å². The Morgan fingerprint density at radius 3 is 2.67 bits per heavy atom. The van der Waals surface area contributed by atoms with Crippen LogP contribution >= 0.6 is 11.3 Å². The van der Waals surface area contributed by atoms with Gasteiger partial charge in [-0.25, -0.2) is 13.4 Å². The summed E-state index contributed by atoms with van der Waals surface area (Å²) in [6.07, 6.45) is 1.44. The molecule has 0 bridgehead atoms. The highest BCUT2D eigenvalue weighted by molar-refractivity contribution is 7.93. The maximum atomic E-state index is 12.3. The van der Waals surface area contributed by atoms with Crippen LogP contribution < -0.4 is 16.0 Å². The smallest absolute Gasteiger partial charge is 0.295 e. The second-order valence-corrected chi connectivity index (χ2v) is 6.52. The average molecular weight is 329 g/mol. The van der Waals surface area contributed by atoms with Gasteiger partial charge in [0, 0.05) is 17.6 Å². The van der Waals surface area contributed by atoms with Crippen LogP contribution in [0.15, 0.2) is 28.6 Å². The predicted octanol–water partition coefficient (Wildman–Crippen LogP) is 1.45. The van der Waals surface area contributed by atoms with E-state index in [1.807, 2.05) is 0 Å². The first kappa shape index (κ1) is 15.2. The molecule has 0 atom stereocenters. The zero-order valence-corrected chi connectivity index (χ0v) is 12.4. The van der Waals surface area contributed by atoms with Crippen molar-refractivity contribution in [3.63, 3.8) is 0 Å². The number of anilines is 2. The fourth-order valence-electron chi connectivity index (χ4n) is 1.68.